The van der Waals surface area contributed by atoms with Crippen LogP contribution in [0.4, 0.5) is 5.69 Å². The Balaban J connectivity index is 1.41. The molecule has 2 atom stereocenters. The average molecular weight is 522 g/mol. The Morgan fingerprint density at radius 3 is 2.62 bits per heavy atom. The zero-order chi connectivity index (χ0) is 26.4. The minimum Gasteiger partial charge on any atom is -0.487 e. The molecule has 1 aromatic heterocycles. The first kappa shape index (κ1) is 26.1. The van der Waals surface area contributed by atoms with Gasteiger partial charge in [0.2, 0.25) is 0 Å². The maximum Gasteiger partial charge on any atom is 0.337 e. The largest absolute Gasteiger partial charge is 0.487 e. The molecule has 3 aromatic carbocycles. The number of aromatic nitrogens is 1. The Morgan fingerprint density at radius 1 is 1.11 bits per heavy atom. The number of rotatable bonds is 11. The second-order valence-corrected chi connectivity index (χ2v) is 9.30. The van der Waals surface area contributed by atoms with Crippen LogP contribution in [0.5, 0.6) is 5.75 Å². The summed E-state index contributed by atoms with van der Waals surface area (Å²) in [6.07, 6.45) is 1.50. The first-order valence-electron chi connectivity index (χ1n) is 11.7. The number of hydrogen-bond donors (Lipinski definition) is 4. The summed E-state index contributed by atoms with van der Waals surface area (Å²) in [6, 6.07) is 19.4. The smallest absolute Gasteiger partial charge is 0.337 e. The summed E-state index contributed by atoms with van der Waals surface area (Å²) in [4.78, 5) is 14.5. The third-order valence-electron chi connectivity index (χ3n) is 6.00. The summed E-state index contributed by atoms with van der Waals surface area (Å²) in [5.74, 6) is -0.693. The van der Waals surface area contributed by atoms with Gasteiger partial charge in [0.1, 0.15) is 18.0 Å². The number of nitrogens with one attached hydrogen (secondary N) is 2. The number of para-hydroxylation sites is 1. The Bertz CT molecular complexity index is 1520. The fourth-order valence-electron chi connectivity index (χ4n) is 4.14. The molecule has 0 radical (unpaired) electrons. The molecule has 0 aliphatic heterocycles. The summed E-state index contributed by atoms with van der Waals surface area (Å²) in [5.41, 5.74) is 3.30. The molecule has 0 aliphatic rings. The van der Waals surface area contributed by atoms with Gasteiger partial charge >= 0.3 is 16.5 Å². The van der Waals surface area contributed by atoms with E-state index < -0.39 is 22.6 Å². The number of aliphatic hydroxyl groups excluding tert-OH is 1. The topological polar surface area (TPSA) is 141 Å². The van der Waals surface area contributed by atoms with Crippen molar-refractivity contribution in [2.75, 3.05) is 6.54 Å². The normalized spacial score (nSPS) is 12.7. The monoisotopic (exact) mass is 521 g/mol. The Morgan fingerprint density at radius 2 is 1.89 bits per heavy atom. The second kappa shape index (κ2) is 11.8. The summed E-state index contributed by atoms with van der Waals surface area (Å²) >= 11 is 0. The summed E-state index contributed by atoms with van der Waals surface area (Å²) < 4.78 is 31.9. The standard InChI is InChI=1S/C27H27N3O6S/c1-17(12-20-14-29-26-21(20)8-5-9-22(26)27(32)33)28-15-24(31)19-10-11-25(23(13-19)30-37(34)35)36-16-18-6-3-2-4-7-18/h2-11,13-14,17,24,28-29,31H,12,15-16H2,1H3,(H,32,33)/t17-,24+/m1/s1. The van der Waals surface area contributed by atoms with E-state index >= 15 is 0 Å². The molecule has 10 heteroatoms. The number of carboxylic acid groups (broad SMARTS) is 1. The maximum absolute atomic E-state index is 11.5. The highest BCUT2D eigenvalue weighted by Gasteiger charge is 2.16. The minimum absolute atomic E-state index is 0.0334. The number of aromatic carboxylic acids is 1. The van der Waals surface area contributed by atoms with Crippen molar-refractivity contribution in [3.63, 3.8) is 0 Å². The molecule has 9 nitrogen and oxygen atoms in total. The third-order valence-corrected chi connectivity index (χ3v) is 6.34. The van der Waals surface area contributed by atoms with Crippen LogP contribution in [0.15, 0.2) is 77.3 Å². The van der Waals surface area contributed by atoms with Gasteiger partial charge in [0.05, 0.1) is 17.2 Å². The van der Waals surface area contributed by atoms with E-state index in [0.29, 0.717) is 23.3 Å². The van der Waals surface area contributed by atoms with Gasteiger partial charge in [-0.2, -0.15) is 8.42 Å². The van der Waals surface area contributed by atoms with Crippen LogP contribution in [-0.4, -0.2) is 42.2 Å². The molecular weight excluding hydrogens is 494 g/mol. The van der Waals surface area contributed by atoms with Crippen LogP contribution in [0.1, 0.15) is 40.1 Å². The van der Waals surface area contributed by atoms with Gasteiger partial charge in [-0.1, -0.05) is 48.5 Å². The van der Waals surface area contributed by atoms with Crippen LogP contribution < -0.4 is 10.1 Å². The number of aromatic amines is 1. The van der Waals surface area contributed by atoms with Crippen molar-refractivity contribution >= 4 is 33.1 Å². The zero-order valence-electron chi connectivity index (χ0n) is 20.1. The van der Waals surface area contributed by atoms with Crippen molar-refractivity contribution in [3.05, 3.63) is 95.2 Å². The lowest BCUT2D eigenvalue weighted by molar-refractivity contribution is 0.0699. The summed E-state index contributed by atoms with van der Waals surface area (Å²) in [6.45, 7) is 2.43. The minimum atomic E-state index is -2.68. The van der Waals surface area contributed by atoms with E-state index in [0.717, 1.165) is 16.5 Å². The molecule has 0 saturated heterocycles. The van der Waals surface area contributed by atoms with Gasteiger partial charge in [0, 0.05) is 24.2 Å². The number of benzene rings is 3. The van der Waals surface area contributed by atoms with Crippen LogP contribution in [0, 0.1) is 0 Å². The molecule has 0 aliphatic carbocycles. The molecule has 0 saturated carbocycles. The van der Waals surface area contributed by atoms with Gasteiger partial charge < -0.3 is 25.3 Å². The SMILES string of the molecule is C[C@H](Cc1c[nH]c2c(C(=O)O)cccc12)NC[C@H](O)c1ccc(OCc2ccccc2)c(N=S(=O)=O)c1. The van der Waals surface area contributed by atoms with Gasteiger partial charge in [-0.15, -0.1) is 4.36 Å². The molecule has 1 heterocycles. The van der Waals surface area contributed by atoms with E-state index in [1.807, 2.05) is 43.3 Å². The molecule has 0 spiro atoms. The van der Waals surface area contributed by atoms with E-state index in [9.17, 15) is 23.4 Å². The molecule has 0 unspecified atom stereocenters. The van der Waals surface area contributed by atoms with Crippen LogP contribution in [0.25, 0.3) is 10.9 Å². The van der Waals surface area contributed by atoms with Crippen LogP contribution in [0.2, 0.25) is 0 Å². The van der Waals surface area contributed by atoms with Crippen LogP contribution in [0.3, 0.4) is 0 Å². The molecule has 192 valence electrons. The number of carboxylic acids is 1. The predicted molar refractivity (Wildman–Crippen MR) is 140 cm³/mol. The quantitative estimate of drug-likeness (QED) is 0.229. The predicted octanol–water partition coefficient (Wildman–Crippen LogP) is 4.39. The highest BCUT2D eigenvalue weighted by Crippen LogP contribution is 2.31. The molecule has 4 N–H and O–H groups in total. The number of aliphatic hydroxyl groups is 1. The average Bonchev–Trinajstić information content (AvgIpc) is 3.29. The number of fused-ring (bicyclic) bond motifs is 1. The number of carbonyl (C=O) groups is 1. The molecular formula is C27H27N3O6S. The second-order valence-electron chi connectivity index (χ2n) is 8.69. The van der Waals surface area contributed by atoms with E-state index in [1.54, 1.807) is 30.5 Å². The van der Waals surface area contributed by atoms with Crippen molar-refractivity contribution in [3.8, 4) is 5.75 Å². The Labute approximate surface area is 215 Å². The fourth-order valence-corrected chi connectivity index (χ4v) is 4.45. The Hall–Kier alpha value is -3.99. The first-order chi connectivity index (χ1) is 17.8. The van der Waals surface area contributed by atoms with Crippen molar-refractivity contribution < 1.29 is 28.2 Å². The summed E-state index contributed by atoms with van der Waals surface area (Å²) in [7, 11) is -2.68. The molecule has 37 heavy (non-hydrogen) atoms. The summed E-state index contributed by atoms with van der Waals surface area (Å²) in [5, 5.41) is 24.3. The van der Waals surface area contributed by atoms with E-state index in [4.69, 9.17) is 4.74 Å². The zero-order valence-corrected chi connectivity index (χ0v) is 20.9. The lowest BCUT2D eigenvalue weighted by Crippen LogP contribution is -2.32. The van der Waals surface area contributed by atoms with Gasteiger partial charge in [0.15, 0.2) is 0 Å². The molecule has 4 aromatic rings. The lowest BCUT2D eigenvalue weighted by atomic mass is 10.0. The fraction of sp³-hybridized carbons (Fsp3) is 0.222. The lowest BCUT2D eigenvalue weighted by Gasteiger charge is -2.18. The van der Waals surface area contributed by atoms with E-state index in [-0.39, 0.29) is 30.4 Å². The number of ether oxygens (including phenoxy) is 1. The molecule has 0 bridgehead atoms. The van der Waals surface area contributed by atoms with Gasteiger partial charge in [0.25, 0.3) is 0 Å². The number of hydrogen-bond acceptors (Lipinski definition) is 7. The Kier molecular flexibility index (Phi) is 8.34. The highest BCUT2D eigenvalue weighted by molar-refractivity contribution is 7.61. The molecule has 0 amide bonds. The van der Waals surface area contributed by atoms with Crippen LogP contribution >= 0.6 is 0 Å². The number of nitrogens with zero attached hydrogens (tertiary/aromatic N) is 1. The molecule has 4 rings (SSSR count). The van der Waals surface area contributed by atoms with Crippen molar-refractivity contribution in [1.29, 1.82) is 0 Å². The third kappa shape index (κ3) is 6.62. The maximum atomic E-state index is 11.5. The van der Waals surface area contributed by atoms with Gasteiger partial charge in [-0.3, -0.25) is 0 Å². The van der Waals surface area contributed by atoms with Crippen molar-refractivity contribution in [1.82, 2.24) is 10.3 Å². The van der Waals surface area contributed by atoms with Gasteiger partial charge in [-0.25, -0.2) is 4.79 Å². The first-order valence-corrected chi connectivity index (χ1v) is 12.7. The highest BCUT2D eigenvalue weighted by atomic mass is 32.2. The van der Waals surface area contributed by atoms with Crippen molar-refractivity contribution in [2.45, 2.75) is 32.1 Å². The number of H-pyrrole nitrogens is 1. The van der Waals surface area contributed by atoms with Gasteiger partial charge in [-0.05, 0) is 48.2 Å². The van der Waals surface area contributed by atoms with Crippen molar-refractivity contribution in [2.24, 2.45) is 4.36 Å². The van der Waals surface area contributed by atoms with E-state index in [2.05, 4.69) is 14.7 Å². The molecule has 0 fully saturated rings. The van der Waals surface area contributed by atoms with E-state index in [1.165, 1.54) is 6.07 Å². The van der Waals surface area contributed by atoms with Crippen LogP contribution in [-0.2, 0) is 23.5 Å².